The summed E-state index contributed by atoms with van der Waals surface area (Å²) in [6.45, 7) is 0. The molecule has 6 heteroatoms. The first-order valence-corrected chi connectivity index (χ1v) is 6.51. The molecule has 0 aliphatic carbocycles. The monoisotopic (exact) mass is 294 g/mol. The van der Waals surface area contributed by atoms with Crippen molar-refractivity contribution in [1.82, 2.24) is 0 Å². The normalized spacial score (nSPS) is 10.7. The zero-order valence-electron chi connectivity index (χ0n) is 11.6. The fourth-order valence-electron chi connectivity index (χ4n) is 2.23. The standard InChI is InChI=1S/C16H14N4O2/c17-15(18)9-3-4-12(21)11(5-9)14-6-8-1-2-10(16(19)20)7-13(8)22-14/h1-7,21H,(H3,17,18)(H3,19,20). The molecule has 110 valence electrons. The fourth-order valence-corrected chi connectivity index (χ4v) is 2.23. The topological polar surface area (TPSA) is 133 Å². The lowest BCUT2D eigenvalue weighted by atomic mass is 10.1. The van der Waals surface area contributed by atoms with Crippen molar-refractivity contribution >= 4 is 22.6 Å². The highest BCUT2D eigenvalue weighted by molar-refractivity contribution is 5.99. The van der Waals surface area contributed by atoms with Gasteiger partial charge in [0.1, 0.15) is 28.8 Å². The predicted octanol–water partition coefficient (Wildman–Crippen LogP) is 2.37. The Labute approximate surface area is 126 Å². The van der Waals surface area contributed by atoms with E-state index in [4.69, 9.17) is 26.7 Å². The zero-order valence-corrected chi connectivity index (χ0v) is 11.6. The van der Waals surface area contributed by atoms with Gasteiger partial charge in [0, 0.05) is 16.5 Å². The summed E-state index contributed by atoms with van der Waals surface area (Å²) < 4.78 is 5.74. The van der Waals surface area contributed by atoms with Gasteiger partial charge in [-0.25, -0.2) is 0 Å². The van der Waals surface area contributed by atoms with Crippen molar-refractivity contribution < 1.29 is 9.52 Å². The van der Waals surface area contributed by atoms with Crippen molar-refractivity contribution in [3.8, 4) is 17.1 Å². The smallest absolute Gasteiger partial charge is 0.139 e. The van der Waals surface area contributed by atoms with Crippen LogP contribution in [0.1, 0.15) is 11.1 Å². The van der Waals surface area contributed by atoms with Crippen molar-refractivity contribution in [2.45, 2.75) is 0 Å². The zero-order chi connectivity index (χ0) is 15.9. The molecule has 6 nitrogen and oxygen atoms in total. The van der Waals surface area contributed by atoms with Crippen LogP contribution in [0.25, 0.3) is 22.3 Å². The summed E-state index contributed by atoms with van der Waals surface area (Å²) in [6.07, 6.45) is 0. The average Bonchev–Trinajstić information content (AvgIpc) is 2.89. The van der Waals surface area contributed by atoms with Crippen LogP contribution >= 0.6 is 0 Å². The second-order valence-electron chi connectivity index (χ2n) is 4.92. The Morgan fingerprint density at radius 3 is 2.23 bits per heavy atom. The lowest BCUT2D eigenvalue weighted by Crippen LogP contribution is -2.10. The average molecular weight is 294 g/mol. The van der Waals surface area contributed by atoms with Gasteiger partial charge < -0.3 is 21.0 Å². The van der Waals surface area contributed by atoms with Crippen LogP contribution in [0.15, 0.2) is 46.9 Å². The van der Waals surface area contributed by atoms with Gasteiger partial charge in [0.2, 0.25) is 0 Å². The highest BCUT2D eigenvalue weighted by Crippen LogP contribution is 2.34. The summed E-state index contributed by atoms with van der Waals surface area (Å²) in [4.78, 5) is 0. The van der Waals surface area contributed by atoms with Crippen LogP contribution in [0, 0.1) is 10.8 Å². The van der Waals surface area contributed by atoms with Crippen LogP contribution in [0.2, 0.25) is 0 Å². The molecule has 7 N–H and O–H groups in total. The predicted molar refractivity (Wildman–Crippen MR) is 85.3 cm³/mol. The van der Waals surface area contributed by atoms with E-state index in [-0.39, 0.29) is 17.4 Å². The van der Waals surface area contributed by atoms with Crippen LogP contribution in [-0.2, 0) is 0 Å². The van der Waals surface area contributed by atoms with Gasteiger partial charge in [-0.3, -0.25) is 10.8 Å². The molecule has 0 saturated heterocycles. The van der Waals surface area contributed by atoms with Crippen molar-refractivity contribution in [2.75, 3.05) is 0 Å². The highest BCUT2D eigenvalue weighted by Gasteiger charge is 2.13. The number of nitrogen functional groups attached to an aromatic ring is 2. The van der Waals surface area contributed by atoms with Crippen molar-refractivity contribution in [3.05, 3.63) is 53.6 Å². The van der Waals surface area contributed by atoms with Crippen molar-refractivity contribution in [1.29, 1.82) is 10.8 Å². The number of hydrogen-bond donors (Lipinski definition) is 5. The molecule has 0 atom stereocenters. The molecule has 0 aliphatic rings. The summed E-state index contributed by atoms with van der Waals surface area (Å²) in [5, 5.41) is 25.8. The lowest BCUT2D eigenvalue weighted by Gasteiger charge is -2.04. The second-order valence-corrected chi connectivity index (χ2v) is 4.92. The number of amidine groups is 2. The third-order valence-electron chi connectivity index (χ3n) is 3.40. The molecule has 0 aliphatic heterocycles. The van der Waals surface area contributed by atoms with Crippen molar-refractivity contribution in [3.63, 3.8) is 0 Å². The first kappa shape index (κ1) is 13.7. The van der Waals surface area contributed by atoms with Crippen LogP contribution < -0.4 is 11.5 Å². The Morgan fingerprint density at radius 1 is 0.909 bits per heavy atom. The van der Waals surface area contributed by atoms with Gasteiger partial charge in [-0.15, -0.1) is 0 Å². The minimum absolute atomic E-state index is 0.0378. The third-order valence-corrected chi connectivity index (χ3v) is 3.40. The Balaban J connectivity index is 2.16. The number of nitrogens with one attached hydrogen (secondary N) is 2. The Hall–Kier alpha value is -3.28. The van der Waals surface area contributed by atoms with Crippen LogP contribution in [0.5, 0.6) is 5.75 Å². The van der Waals surface area contributed by atoms with Gasteiger partial charge in [-0.05, 0) is 30.3 Å². The molecule has 1 heterocycles. The molecule has 0 fully saturated rings. The molecule has 2 aromatic carbocycles. The Kier molecular flexibility index (Phi) is 3.06. The van der Waals surface area contributed by atoms with Crippen molar-refractivity contribution in [2.24, 2.45) is 11.5 Å². The SMILES string of the molecule is N=C(N)c1ccc(O)c(-c2cc3ccc(C(=N)N)cc3o2)c1. The van der Waals surface area contributed by atoms with E-state index >= 15 is 0 Å². The van der Waals surface area contributed by atoms with E-state index in [0.29, 0.717) is 28.0 Å². The second kappa shape index (κ2) is 4.92. The number of benzene rings is 2. The fraction of sp³-hybridized carbons (Fsp3) is 0. The quantitative estimate of drug-likeness (QED) is 0.374. The molecule has 0 bridgehead atoms. The molecule has 22 heavy (non-hydrogen) atoms. The molecule has 1 aromatic heterocycles. The molecular weight excluding hydrogens is 280 g/mol. The van der Waals surface area contributed by atoms with E-state index in [2.05, 4.69) is 0 Å². The number of furan rings is 1. The highest BCUT2D eigenvalue weighted by atomic mass is 16.3. The number of nitrogens with two attached hydrogens (primary N) is 2. The summed E-state index contributed by atoms with van der Waals surface area (Å²) in [5.41, 5.74) is 13.0. The van der Waals surface area contributed by atoms with Gasteiger partial charge in [-0.1, -0.05) is 12.1 Å². The minimum atomic E-state index is -0.0868. The van der Waals surface area contributed by atoms with Gasteiger partial charge in [0.05, 0.1) is 5.56 Å². The molecule has 0 saturated carbocycles. The maximum Gasteiger partial charge on any atom is 0.139 e. The van der Waals surface area contributed by atoms with E-state index < -0.39 is 0 Å². The molecule has 0 unspecified atom stereocenters. The number of rotatable bonds is 3. The van der Waals surface area contributed by atoms with E-state index in [1.54, 1.807) is 36.4 Å². The van der Waals surface area contributed by atoms with Crippen LogP contribution in [0.4, 0.5) is 0 Å². The van der Waals surface area contributed by atoms with Crippen LogP contribution in [-0.4, -0.2) is 16.8 Å². The van der Waals surface area contributed by atoms with E-state index in [9.17, 15) is 5.11 Å². The Bertz CT molecular complexity index is 912. The van der Waals surface area contributed by atoms with Gasteiger partial charge >= 0.3 is 0 Å². The minimum Gasteiger partial charge on any atom is -0.507 e. The molecule has 0 spiro atoms. The number of hydrogen-bond acceptors (Lipinski definition) is 4. The van der Waals surface area contributed by atoms with Gasteiger partial charge in [-0.2, -0.15) is 0 Å². The molecule has 0 radical (unpaired) electrons. The molecule has 3 aromatic rings. The van der Waals surface area contributed by atoms with Crippen LogP contribution in [0.3, 0.4) is 0 Å². The summed E-state index contributed by atoms with van der Waals surface area (Å²) in [7, 11) is 0. The largest absolute Gasteiger partial charge is 0.507 e. The maximum atomic E-state index is 10.0. The lowest BCUT2D eigenvalue weighted by molar-refractivity contribution is 0.474. The van der Waals surface area contributed by atoms with E-state index in [1.165, 1.54) is 6.07 Å². The number of fused-ring (bicyclic) bond motifs is 1. The summed E-state index contributed by atoms with van der Waals surface area (Å²) in [5.74, 6) is 0.365. The summed E-state index contributed by atoms with van der Waals surface area (Å²) >= 11 is 0. The molecule has 3 rings (SSSR count). The Morgan fingerprint density at radius 2 is 1.55 bits per heavy atom. The van der Waals surface area contributed by atoms with Gasteiger partial charge in [0.15, 0.2) is 0 Å². The van der Waals surface area contributed by atoms with E-state index in [0.717, 1.165) is 5.39 Å². The molecular formula is C16H14N4O2. The number of aromatic hydroxyl groups is 1. The first-order chi connectivity index (χ1) is 10.5. The maximum absolute atomic E-state index is 10.0. The van der Waals surface area contributed by atoms with Gasteiger partial charge in [0.25, 0.3) is 0 Å². The number of phenolic OH excluding ortho intramolecular Hbond substituents is 1. The molecule has 0 amide bonds. The first-order valence-electron chi connectivity index (χ1n) is 6.51. The number of phenols is 1. The van der Waals surface area contributed by atoms with E-state index in [1.807, 2.05) is 0 Å². The third kappa shape index (κ3) is 2.26. The summed E-state index contributed by atoms with van der Waals surface area (Å²) in [6, 6.07) is 11.6.